The molecule has 41 heavy (non-hydrogen) atoms. The fourth-order valence-electron chi connectivity index (χ4n) is 4.07. The standard InChI is InChI=1S/C26H33N9O6/c1-3-8-18(24(39)30-14-21(36)28-2)32-25(40)19(13-17-9-5-4-6-10-17)33-26(41)20-11-7-12-35(20)23(38)16-29-22(37)15-31-34-27/h1,4-6,9-10,18-20H,7-8,11-16H2,2H3,(H,28,36)(H,29,37)(H,30,39)(H,32,40)(H,33,41). The molecular formula is C26H33N9O6. The lowest BCUT2D eigenvalue weighted by molar-refractivity contribution is -0.139. The summed E-state index contributed by atoms with van der Waals surface area (Å²) >= 11 is 0. The SMILES string of the molecule is C#CCC(NC(=O)C(Cc1ccccc1)NC(=O)C1CCCN1C(=O)CNC(=O)CN=[N+]=[N-])C(=O)NCC(=O)NC. The average Bonchev–Trinajstić information content (AvgIpc) is 3.47. The van der Waals surface area contributed by atoms with Gasteiger partial charge in [-0.15, -0.1) is 12.3 Å². The highest BCUT2D eigenvalue weighted by atomic mass is 16.2. The summed E-state index contributed by atoms with van der Waals surface area (Å²) in [7, 11) is 1.41. The zero-order valence-corrected chi connectivity index (χ0v) is 22.6. The summed E-state index contributed by atoms with van der Waals surface area (Å²) in [5.41, 5.74) is 9.04. The number of hydrogen-bond donors (Lipinski definition) is 5. The van der Waals surface area contributed by atoms with E-state index in [-0.39, 0.29) is 25.9 Å². The van der Waals surface area contributed by atoms with Crippen LogP contribution in [0.2, 0.25) is 0 Å². The number of hydrogen-bond acceptors (Lipinski definition) is 7. The van der Waals surface area contributed by atoms with Crippen molar-refractivity contribution in [2.24, 2.45) is 5.11 Å². The first kappa shape index (κ1) is 32.1. The Kier molecular flexibility index (Phi) is 13.1. The van der Waals surface area contributed by atoms with Crippen molar-refractivity contribution in [3.63, 3.8) is 0 Å². The van der Waals surface area contributed by atoms with Gasteiger partial charge in [0.1, 0.15) is 24.7 Å². The third-order valence-electron chi connectivity index (χ3n) is 6.16. The predicted octanol–water partition coefficient (Wildman–Crippen LogP) is -1.50. The van der Waals surface area contributed by atoms with Gasteiger partial charge in [0, 0.05) is 31.3 Å². The molecule has 5 N–H and O–H groups in total. The van der Waals surface area contributed by atoms with E-state index in [0.717, 1.165) is 5.56 Å². The Labute approximate surface area is 236 Å². The minimum Gasteiger partial charge on any atom is -0.358 e. The molecule has 1 fully saturated rings. The van der Waals surface area contributed by atoms with Gasteiger partial charge in [-0.3, -0.25) is 28.8 Å². The molecule has 1 heterocycles. The normalized spacial score (nSPS) is 15.2. The molecule has 0 bridgehead atoms. The second kappa shape index (κ2) is 16.8. The molecule has 1 saturated heterocycles. The summed E-state index contributed by atoms with van der Waals surface area (Å²) < 4.78 is 0. The van der Waals surface area contributed by atoms with E-state index >= 15 is 0 Å². The number of likely N-dealkylation sites (tertiary alicyclic amines) is 1. The molecule has 0 radical (unpaired) electrons. The van der Waals surface area contributed by atoms with E-state index in [1.807, 2.05) is 0 Å². The molecule has 0 spiro atoms. The number of azide groups is 1. The maximum Gasteiger partial charge on any atom is 0.244 e. The Balaban J connectivity index is 2.14. The first-order valence-corrected chi connectivity index (χ1v) is 12.8. The maximum absolute atomic E-state index is 13.3. The number of likely N-dealkylation sites (N-methyl/N-ethyl adjacent to an activating group) is 1. The van der Waals surface area contributed by atoms with Gasteiger partial charge in [0.2, 0.25) is 35.4 Å². The molecule has 1 aromatic rings. The smallest absolute Gasteiger partial charge is 0.244 e. The number of amides is 6. The lowest BCUT2D eigenvalue weighted by atomic mass is 10.0. The third kappa shape index (κ3) is 10.5. The minimum absolute atomic E-state index is 0.0805. The fraction of sp³-hybridized carbons (Fsp3) is 0.462. The fourth-order valence-corrected chi connectivity index (χ4v) is 4.07. The number of carbonyl (C=O) groups excluding carboxylic acids is 6. The largest absolute Gasteiger partial charge is 0.358 e. The number of benzene rings is 1. The van der Waals surface area contributed by atoms with Crippen LogP contribution in [0.5, 0.6) is 0 Å². The maximum atomic E-state index is 13.3. The highest BCUT2D eigenvalue weighted by molar-refractivity contribution is 5.96. The Morgan fingerprint density at radius 1 is 1.05 bits per heavy atom. The van der Waals surface area contributed by atoms with Crippen molar-refractivity contribution >= 4 is 35.4 Å². The molecule has 15 nitrogen and oxygen atoms in total. The van der Waals surface area contributed by atoms with Crippen molar-refractivity contribution in [2.75, 3.05) is 33.2 Å². The number of rotatable bonds is 14. The summed E-state index contributed by atoms with van der Waals surface area (Å²) in [6.07, 6.45) is 6.17. The molecule has 218 valence electrons. The first-order valence-electron chi connectivity index (χ1n) is 12.8. The van der Waals surface area contributed by atoms with Crippen LogP contribution in [0, 0.1) is 12.3 Å². The summed E-state index contributed by atoms with van der Waals surface area (Å²) in [6, 6.07) is 5.70. The summed E-state index contributed by atoms with van der Waals surface area (Å²) in [4.78, 5) is 79.0. The molecule has 0 aliphatic carbocycles. The van der Waals surface area contributed by atoms with E-state index in [4.69, 9.17) is 12.0 Å². The first-order chi connectivity index (χ1) is 19.7. The molecule has 1 aliphatic rings. The third-order valence-corrected chi connectivity index (χ3v) is 6.16. The molecule has 3 unspecified atom stereocenters. The number of nitrogens with zero attached hydrogens (tertiary/aromatic N) is 4. The van der Waals surface area contributed by atoms with Crippen LogP contribution in [0.25, 0.3) is 10.4 Å². The molecule has 0 saturated carbocycles. The molecule has 15 heteroatoms. The van der Waals surface area contributed by atoms with Crippen LogP contribution in [-0.4, -0.2) is 91.7 Å². The number of carbonyl (C=O) groups is 6. The van der Waals surface area contributed by atoms with Crippen molar-refractivity contribution < 1.29 is 28.8 Å². The quantitative estimate of drug-likeness (QED) is 0.0780. The lowest BCUT2D eigenvalue weighted by Gasteiger charge is -2.27. The van der Waals surface area contributed by atoms with Crippen LogP contribution in [-0.2, 0) is 35.2 Å². The highest BCUT2D eigenvalue weighted by Crippen LogP contribution is 2.18. The predicted molar refractivity (Wildman–Crippen MR) is 146 cm³/mol. The topological polar surface area (TPSA) is 215 Å². The molecule has 0 aromatic heterocycles. The van der Waals surface area contributed by atoms with Crippen LogP contribution in [0.3, 0.4) is 0 Å². The lowest BCUT2D eigenvalue weighted by Crippen LogP contribution is -2.57. The van der Waals surface area contributed by atoms with E-state index in [0.29, 0.717) is 12.8 Å². The summed E-state index contributed by atoms with van der Waals surface area (Å²) in [5, 5.41) is 15.5. The molecule has 2 rings (SSSR count). The van der Waals surface area contributed by atoms with Crippen molar-refractivity contribution in [1.29, 1.82) is 0 Å². The second-order valence-electron chi connectivity index (χ2n) is 9.02. The number of nitrogens with one attached hydrogen (secondary N) is 5. The van der Waals surface area contributed by atoms with E-state index < -0.39 is 66.7 Å². The van der Waals surface area contributed by atoms with Gasteiger partial charge in [-0.1, -0.05) is 35.4 Å². The van der Waals surface area contributed by atoms with Gasteiger partial charge in [0.15, 0.2) is 0 Å². The van der Waals surface area contributed by atoms with Gasteiger partial charge in [-0.2, -0.15) is 0 Å². The average molecular weight is 568 g/mol. The molecule has 3 atom stereocenters. The molecule has 6 amide bonds. The van der Waals surface area contributed by atoms with Gasteiger partial charge >= 0.3 is 0 Å². The van der Waals surface area contributed by atoms with Gasteiger partial charge in [-0.25, -0.2) is 0 Å². The van der Waals surface area contributed by atoms with Gasteiger partial charge in [-0.05, 0) is 23.9 Å². The van der Waals surface area contributed by atoms with Crippen LogP contribution in [0.1, 0.15) is 24.8 Å². The van der Waals surface area contributed by atoms with E-state index in [9.17, 15) is 28.8 Å². The Hall–Kier alpha value is -5.09. The second-order valence-corrected chi connectivity index (χ2v) is 9.02. The Morgan fingerprint density at radius 2 is 1.78 bits per heavy atom. The van der Waals surface area contributed by atoms with Crippen molar-refractivity contribution in [2.45, 2.75) is 43.8 Å². The summed E-state index contributed by atoms with van der Waals surface area (Å²) in [5.74, 6) is -1.20. The number of terminal acetylenes is 1. The van der Waals surface area contributed by atoms with E-state index in [1.165, 1.54) is 11.9 Å². The van der Waals surface area contributed by atoms with Gasteiger partial charge < -0.3 is 31.5 Å². The Bertz CT molecular complexity index is 1210. The van der Waals surface area contributed by atoms with E-state index in [1.54, 1.807) is 30.3 Å². The van der Waals surface area contributed by atoms with Gasteiger partial charge in [0.05, 0.1) is 13.1 Å². The van der Waals surface area contributed by atoms with E-state index in [2.05, 4.69) is 42.5 Å². The summed E-state index contributed by atoms with van der Waals surface area (Å²) in [6.45, 7) is -0.896. The minimum atomic E-state index is -1.16. The zero-order chi connectivity index (χ0) is 30.2. The van der Waals surface area contributed by atoms with Crippen molar-refractivity contribution in [3.05, 3.63) is 46.3 Å². The van der Waals surface area contributed by atoms with Crippen LogP contribution < -0.4 is 26.6 Å². The van der Waals surface area contributed by atoms with Gasteiger partial charge in [0.25, 0.3) is 0 Å². The molecular weight excluding hydrogens is 534 g/mol. The molecule has 1 aromatic carbocycles. The molecule has 1 aliphatic heterocycles. The van der Waals surface area contributed by atoms with Crippen LogP contribution in [0.4, 0.5) is 0 Å². The van der Waals surface area contributed by atoms with Crippen LogP contribution in [0.15, 0.2) is 35.4 Å². The zero-order valence-electron chi connectivity index (χ0n) is 22.6. The monoisotopic (exact) mass is 567 g/mol. The van der Waals surface area contributed by atoms with Crippen LogP contribution >= 0.6 is 0 Å². The Morgan fingerprint density at radius 3 is 2.44 bits per heavy atom. The van der Waals surface area contributed by atoms with Crippen molar-refractivity contribution in [3.8, 4) is 12.3 Å². The highest BCUT2D eigenvalue weighted by Gasteiger charge is 2.36. The van der Waals surface area contributed by atoms with Crippen molar-refractivity contribution in [1.82, 2.24) is 31.5 Å².